The minimum atomic E-state index is -0.509. The fraction of sp³-hybridized carbons (Fsp3) is 0.158. The van der Waals surface area contributed by atoms with E-state index in [4.69, 9.17) is 10.00 Å². The highest BCUT2D eigenvalue weighted by Crippen LogP contribution is 2.08. The zero-order valence-electron chi connectivity index (χ0n) is 12.8. The van der Waals surface area contributed by atoms with Crippen LogP contribution in [0.25, 0.3) is 0 Å². The lowest BCUT2D eigenvalue weighted by Crippen LogP contribution is -2.24. The molecule has 0 fully saturated rings. The molecule has 0 aliphatic rings. The predicted octanol–water partition coefficient (Wildman–Crippen LogP) is 3.14. The van der Waals surface area contributed by atoms with Crippen molar-refractivity contribution in [1.29, 1.82) is 5.26 Å². The first-order valence-corrected chi connectivity index (χ1v) is 7.13. The van der Waals surface area contributed by atoms with Crippen LogP contribution in [0.1, 0.15) is 22.3 Å². The largest absolute Gasteiger partial charge is 0.445 e. The van der Waals surface area contributed by atoms with Crippen LogP contribution in [0.3, 0.4) is 0 Å². The molecule has 0 atom stereocenters. The molecule has 0 saturated carbocycles. The van der Waals surface area contributed by atoms with Crippen LogP contribution in [0.15, 0.2) is 48.5 Å². The van der Waals surface area contributed by atoms with Gasteiger partial charge in [-0.3, -0.25) is 0 Å². The van der Waals surface area contributed by atoms with Gasteiger partial charge in [0.2, 0.25) is 0 Å². The van der Waals surface area contributed by atoms with E-state index in [1.54, 1.807) is 12.1 Å². The van der Waals surface area contributed by atoms with Gasteiger partial charge in [0.25, 0.3) is 0 Å². The second kappa shape index (κ2) is 8.26. The van der Waals surface area contributed by atoms with Crippen LogP contribution in [0.2, 0.25) is 0 Å². The average Bonchev–Trinajstić information content (AvgIpc) is 2.59. The Balaban J connectivity index is 1.81. The van der Waals surface area contributed by atoms with Crippen molar-refractivity contribution < 1.29 is 9.53 Å². The number of nitriles is 1. The van der Waals surface area contributed by atoms with Crippen LogP contribution < -0.4 is 5.32 Å². The lowest BCUT2D eigenvalue weighted by Gasteiger charge is -2.04. The first kappa shape index (κ1) is 16.1. The normalized spacial score (nSPS) is 9.22. The molecule has 0 heterocycles. The van der Waals surface area contributed by atoms with Crippen LogP contribution in [0, 0.1) is 30.1 Å². The summed E-state index contributed by atoms with van der Waals surface area (Å²) in [6, 6.07) is 16.9. The number of alkyl carbamates (subject to hydrolysis) is 1. The molecule has 114 valence electrons. The van der Waals surface area contributed by atoms with Crippen LogP contribution in [0.5, 0.6) is 0 Å². The van der Waals surface area contributed by atoms with E-state index in [0.717, 1.165) is 16.7 Å². The van der Waals surface area contributed by atoms with Gasteiger partial charge in [0.05, 0.1) is 18.2 Å². The smallest absolute Gasteiger partial charge is 0.408 e. The van der Waals surface area contributed by atoms with Crippen molar-refractivity contribution in [1.82, 2.24) is 5.32 Å². The number of nitrogens with one attached hydrogen (secondary N) is 1. The quantitative estimate of drug-likeness (QED) is 0.886. The van der Waals surface area contributed by atoms with E-state index >= 15 is 0 Å². The molecule has 0 aromatic heterocycles. The number of ether oxygens (including phenoxy) is 1. The lowest BCUT2D eigenvalue weighted by atomic mass is 10.1. The summed E-state index contributed by atoms with van der Waals surface area (Å²) in [5.41, 5.74) is 3.26. The molecule has 2 rings (SSSR count). The Labute approximate surface area is 135 Å². The van der Waals surface area contributed by atoms with Crippen molar-refractivity contribution in [2.24, 2.45) is 0 Å². The van der Waals surface area contributed by atoms with Gasteiger partial charge in [-0.2, -0.15) is 5.26 Å². The third kappa shape index (κ3) is 5.22. The Hall–Kier alpha value is -3.24. The number of aryl methyl sites for hydroxylation is 1. The summed E-state index contributed by atoms with van der Waals surface area (Å²) in [7, 11) is 0. The second-order valence-corrected chi connectivity index (χ2v) is 4.86. The van der Waals surface area contributed by atoms with E-state index in [9.17, 15) is 4.79 Å². The molecule has 4 nitrogen and oxygen atoms in total. The molecule has 0 radical (unpaired) electrons. The van der Waals surface area contributed by atoms with E-state index in [1.807, 2.05) is 43.3 Å². The summed E-state index contributed by atoms with van der Waals surface area (Å²) in [5.74, 6) is 5.80. The summed E-state index contributed by atoms with van der Waals surface area (Å²) >= 11 is 0. The summed E-state index contributed by atoms with van der Waals surface area (Å²) in [6.45, 7) is 2.33. The van der Waals surface area contributed by atoms with Crippen LogP contribution in [-0.4, -0.2) is 12.6 Å². The van der Waals surface area contributed by atoms with Crippen molar-refractivity contribution in [3.8, 4) is 17.9 Å². The SMILES string of the molecule is Cc1ccc(C#N)cc1C#CCNC(=O)OCc1ccccc1. The Bertz CT molecular complexity index is 780. The molecule has 2 aromatic carbocycles. The lowest BCUT2D eigenvalue weighted by molar-refractivity contribution is 0.141. The van der Waals surface area contributed by atoms with Crippen LogP contribution in [-0.2, 0) is 11.3 Å². The van der Waals surface area contributed by atoms with E-state index in [-0.39, 0.29) is 13.2 Å². The number of hydrogen-bond acceptors (Lipinski definition) is 3. The Kier molecular flexibility index (Phi) is 5.80. The standard InChI is InChI=1S/C19H16N2O2/c1-15-9-10-17(13-20)12-18(15)8-5-11-21-19(22)23-14-16-6-3-2-4-7-16/h2-4,6-7,9-10,12H,11,14H2,1H3,(H,21,22). The number of benzene rings is 2. The van der Waals surface area contributed by atoms with Crippen molar-refractivity contribution in [3.63, 3.8) is 0 Å². The molecule has 0 aliphatic carbocycles. The number of hydrogen-bond donors (Lipinski definition) is 1. The highest BCUT2D eigenvalue weighted by atomic mass is 16.5. The monoisotopic (exact) mass is 304 g/mol. The maximum absolute atomic E-state index is 11.6. The Morgan fingerprint density at radius 3 is 2.74 bits per heavy atom. The van der Waals surface area contributed by atoms with Gasteiger partial charge in [-0.15, -0.1) is 0 Å². The van der Waals surface area contributed by atoms with Crippen molar-refractivity contribution in [2.45, 2.75) is 13.5 Å². The highest BCUT2D eigenvalue weighted by Gasteiger charge is 2.00. The minimum Gasteiger partial charge on any atom is -0.445 e. The number of rotatable bonds is 3. The predicted molar refractivity (Wildman–Crippen MR) is 87.4 cm³/mol. The summed E-state index contributed by atoms with van der Waals surface area (Å²) in [6.07, 6.45) is -0.509. The first-order valence-electron chi connectivity index (χ1n) is 7.13. The molecule has 1 N–H and O–H groups in total. The fourth-order valence-electron chi connectivity index (χ4n) is 1.86. The maximum Gasteiger partial charge on any atom is 0.408 e. The topological polar surface area (TPSA) is 62.1 Å². The molecule has 23 heavy (non-hydrogen) atoms. The summed E-state index contributed by atoms with van der Waals surface area (Å²) in [5, 5.41) is 11.5. The third-order valence-electron chi connectivity index (χ3n) is 3.12. The number of nitrogens with zero attached hydrogens (tertiary/aromatic N) is 1. The van der Waals surface area contributed by atoms with Crippen LogP contribution in [0.4, 0.5) is 4.79 Å². The Morgan fingerprint density at radius 2 is 2.00 bits per heavy atom. The van der Waals surface area contributed by atoms with Gasteiger partial charge in [0.15, 0.2) is 0 Å². The fourth-order valence-corrected chi connectivity index (χ4v) is 1.86. The van der Waals surface area contributed by atoms with E-state index in [1.165, 1.54) is 0 Å². The molecule has 1 amide bonds. The highest BCUT2D eigenvalue weighted by molar-refractivity contribution is 5.67. The van der Waals surface area contributed by atoms with Crippen molar-refractivity contribution >= 4 is 6.09 Å². The molecule has 0 saturated heterocycles. The number of carbonyl (C=O) groups excluding carboxylic acids is 1. The molecule has 0 unspecified atom stereocenters. The molecule has 2 aromatic rings. The second-order valence-electron chi connectivity index (χ2n) is 4.86. The van der Waals surface area contributed by atoms with Gasteiger partial charge < -0.3 is 10.1 Å². The third-order valence-corrected chi connectivity index (χ3v) is 3.12. The first-order chi connectivity index (χ1) is 11.2. The average molecular weight is 304 g/mol. The summed E-state index contributed by atoms with van der Waals surface area (Å²) in [4.78, 5) is 11.6. The number of amides is 1. The van der Waals surface area contributed by atoms with Crippen molar-refractivity contribution in [2.75, 3.05) is 6.54 Å². The van der Waals surface area contributed by atoms with E-state index < -0.39 is 6.09 Å². The van der Waals surface area contributed by atoms with Gasteiger partial charge in [-0.05, 0) is 30.2 Å². The summed E-state index contributed by atoms with van der Waals surface area (Å²) < 4.78 is 5.08. The molecular formula is C19H16N2O2. The number of carbonyl (C=O) groups is 1. The van der Waals surface area contributed by atoms with Gasteiger partial charge in [0, 0.05) is 5.56 Å². The Morgan fingerprint density at radius 1 is 1.22 bits per heavy atom. The molecule has 0 aliphatic heterocycles. The zero-order chi connectivity index (χ0) is 16.5. The minimum absolute atomic E-state index is 0.184. The maximum atomic E-state index is 11.6. The molecule has 4 heteroatoms. The molecular weight excluding hydrogens is 288 g/mol. The van der Waals surface area contributed by atoms with Gasteiger partial charge >= 0.3 is 6.09 Å². The van der Waals surface area contributed by atoms with Gasteiger partial charge in [-0.1, -0.05) is 48.2 Å². The zero-order valence-corrected chi connectivity index (χ0v) is 12.8. The van der Waals surface area contributed by atoms with E-state index in [2.05, 4.69) is 23.2 Å². The van der Waals surface area contributed by atoms with Crippen LogP contribution >= 0.6 is 0 Å². The molecule has 0 bridgehead atoms. The van der Waals surface area contributed by atoms with Crippen molar-refractivity contribution in [3.05, 3.63) is 70.8 Å². The molecule has 0 spiro atoms. The van der Waals surface area contributed by atoms with E-state index in [0.29, 0.717) is 5.56 Å². The van der Waals surface area contributed by atoms with Gasteiger partial charge in [0.1, 0.15) is 6.61 Å². The van der Waals surface area contributed by atoms with Gasteiger partial charge in [-0.25, -0.2) is 4.79 Å².